The number of rotatable bonds is 0. The first-order chi connectivity index (χ1) is 6.50. The van der Waals surface area contributed by atoms with Crippen LogP contribution in [0, 0.1) is 0 Å². The van der Waals surface area contributed by atoms with Crippen LogP contribution in [-0.4, -0.2) is 37.0 Å². The zero-order valence-corrected chi connectivity index (χ0v) is 9.41. The van der Waals surface area contributed by atoms with Crippen LogP contribution in [0.4, 0.5) is 26.3 Å². The molecule has 0 atom stereocenters. The minimum atomic E-state index is -6.09. The predicted octanol–water partition coefficient (Wildman–Crippen LogP) is 0.100. The molecule has 0 aliphatic heterocycles. The monoisotopic (exact) mass is 361 g/mol. The van der Waals surface area contributed by atoms with Crippen LogP contribution in [0.2, 0.25) is 0 Å². The second kappa shape index (κ2) is 6.19. The maximum Gasteiger partial charge on any atom is 0.485 e. The summed E-state index contributed by atoms with van der Waals surface area (Å²) in [6.07, 6.45) is 0. The third-order valence-corrected chi connectivity index (χ3v) is 1.70. The summed E-state index contributed by atoms with van der Waals surface area (Å²) in [5, 5.41) is 0. The minimum Gasteiger partial charge on any atom is -0.741 e. The largest absolute Gasteiger partial charge is 0.741 e. The average Bonchev–Trinajstić information content (AvgIpc) is 1.77. The van der Waals surface area contributed by atoms with Crippen molar-refractivity contribution in [2.45, 2.75) is 11.0 Å². The molecule has 0 fully saturated rings. The molecule has 0 spiro atoms. The van der Waals surface area contributed by atoms with Crippen molar-refractivity contribution >= 4 is 20.2 Å². The second-order valence-electron chi connectivity index (χ2n) is 1.80. The Balaban J connectivity index is -0.000000218. The molecule has 0 aromatic rings. The Kier molecular flexibility index (Phi) is 8.06. The van der Waals surface area contributed by atoms with Crippen molar-refractivity contribution in [2.24, 2.45) is 0 Å². The van der Waals surface area contributed by atoms with Gasteiger partial charge in [0.2, 0.25) is 0 Å². The average molecular weight is 362 g/mol. The SMILES string of the molecule is O=S(=O)([O-])C(F)(F)F.O=S(=O)([O-])C(F)(F)F.[Cu]. The molecule has 0 aliphatic rings. The molecule has 0 N–H and O–H groups in total. The van der Waals surface area contributed by atoms with E-state index < -0.39 is 31.3 Å². The Hall–Kier alpha value is -0.0805. The van der Waals surface area contributed by atoms with Crippen molar-refractivity contribution in [1.29, 1.82) is 0 Å². The van der Waals surface area contributed by atoms with Gasteiger partial charge < -0.3 is 9.11 Å². The first-order valence-corrected chi connectivity index (χ1v) is 5.36. The van der Waals surface area contributed by atoms with Crippen molar-refractivity contribution in [3.63, 3.8) is 0 Å². The van der Waals surface area contributed by atoms with Crippen LogP contribution in [-0.2, 0) is 37.3 Å². The minimum absolute atomic E-state index is 0. The number of halogens is 6. The molecule has 0 amide bonds. The fraction of sp³-hybridized carbons (Fsp3) is 1.00. The van der Waals surface area contributed by atoms with E-state index in [0.29, 0.717) is 0 Å². The van der Waals surface area contributed by atoms with Crippen molar-refractivity contribution in [3.05, 3.63) is 0 Å². The summed E-state index contributed by atoms with van der Waals surface area (Å²) >= 11 is 0. The summed E-state index contributed by atoms with van der Waals surface area (Å²) in [6.45, 7) is 0. The fourth-order valence-corrected chi connectivity index (χ4v) is 0. The predicted molar refractivity (Wildman–Crippen MR) is 31.5 cm³/mol. The Morgan fingerprint density at radius 1 is 0.647 bits per heavy atom. The summed E-state index contributed by atoms with van der Waals surface area (Å²) in [5.74, 6) is 0. The molecule has 111 valence electrons. The van der Waals surface area contributed by atoms with E-state index in [1.165, 1.54) is 0 Å². The van der Waals surface area contributed by atoms with Crippen LogP contribution in [0.3, 0.4) is 0 Å². The molecule has 0 saturated heterocycles. The summed E-state index contributed by atoms with van der Waals surface area (Å²) in [6, 6.07) is 0. The molecule has 17 heavy (non-hydrogen) atoms. The van der Waals surface area contributed by atoms with Gasteiger partial charge in [0.1, 0.15) is 0 Å². The van der Waals surface area contributed by atoms with E-state index in [9.17, 15) is 26.3 Å². The quantitative estimate of drug-likeness (QED) is 0.261. The van der Waals surface area contributed by atoms with Gasteiger partial charge in [-0.15, -0.1) is 0 Å². The Morgan fingerprint density at radius 2 is 0.706 bits per heavy atom. The molecule has 0 unspecified atom stereocenters. The van der Waals surface area contributed by atoms with Gasteiger partial charge in [-0.05, 0) is 0 Å². The van der Waals surface area contributed by atoms with Crippen LogP contribution in [0.5, 0.6) is 0 Å². The van der Waals surface area contributed by atoms with Crippen molar-refractivity contribution in [2.75, 3.05) is 0 Å². The molecule has 0 aromatic carbocycles. The molecule has 0 rings (SSSR count). The maximum absolute atomic E-state index is 10.7. The van der Waals surface area contributed by atoms with Crippen LogP contribution in [0.15, 0.2) is 0 Å². The standard InChI is InChI=1S/2CHF3O3S.Cu/c2*2-1(3,4)8(5,6)7;/h2*(H,5,6,7);/p-2. The smallest absolute Gasteiger partial charge is 0.485 e. The van der Waals surface area contributed by atoms with E-state index in [2.05, 4.69) is 0 Å². The van der Waals surface area contributed by atoms with Gasteiger partial charge >= 0.3 is 11.0 Å². The van der Waals surface area contributed by atoms with Gasteiger partial charge in [0.25, 0.3) is 0 Å². The maximum atomic E-state index is 10.7. The van der Waals surface area contributed by atoms with Crippen molar-refractivity contribution in [3.8, 4) is 0 Å². The van der Waals surface area contributed by atoms with Gasteiger partial charge in [-0.1, -0.05) is 0 Å². The van der Waals surface area contributed by atoms with Gasteiger partial charge in [-0.25, -0.2) is 16.8 Å². The molecule has 1 radical (unpaired) electrons. The fourth-order valence-electron chi connectivity index (χ4n) is 0. The normalized spacial score (nSPS) is 13.2. The van der Waals surface area contributed by atoms with Crippen molar-refractivity contribution in [1.82, 2.24) is 0 Å². The van der Waals surface area contributed by atoms with Crippen LogP contribution < -0.4 is 0 Å². The third kappa shape index (κ3) is 9.61. The van der Waals surface area contributed by atoms with Crippen LogP contribution in [0.25, 0.3) is 0 Å². The van der Waals surface area contributed by atoms with Crippen molar-refractivity contribution < 1.29 is 69.4 Å². The summed E-state index contributed by atoms with van der Waals surface area (Å²) in [5.41, 5.74) is -11.3. The van der Waals surface area contributed by atoms with Gasteiger partial charge in [0.15, 0.2) is 20.2 Å². The first-order valence-electron chi connectivity index (χ1n) is 2.54. The summed E-state index contributed by atoms with van der Waals surface area (Å²) in [7, 11) is -12.2. The number of alkyl halides is 6. The molecule has 6 nitrogen and oxygen atoms in total. The first kappa shape index (κ1) is 22.1. The zero-order valence-electron chi connectivity index (χ0n) is 6.84. The Labute approximate surface area is 101 Å². The molecular formula is C2CuF6O6S2-2. The van der Waals surface area contributed by atoms with Gasteiger partial charge in [-0.2, -0.15) is 26.3 Å². The zero-order chi connectivity index (χ0) is 14.0. The van der Waals surface area contributed by atoms with E-state index in [0.717, 1.165) is 0 Å². The third-order valence-electron chi connectivity index (χ3n) is 0.567. The molecule has 0 aromatic heterocycles. The van der Waals surface area contributed by atoms with Crippen LogP contribution in [0.1, 0.15) is 0 Å². The van der Waals surface area contributed by atoms with E-state index >= 15 is 0 Å². The van der Waals surface area contributed by atoms with Crippen LogP contribution >= 0.6 is 0 Å². The van der Waals surface area contributed by atoms with E-state index in [1.807, 2.05) is 0 Å². The summed E-state index contributed by atoms with van der Waals surface area (Å²) in [4.78, 5) is 0. The topological polar surface area (TPSA) is 114 Å². The number of hydrogen-bond donors (Lipinski definition) is 0. The summed E-state index contributed by atoms with van der Waals surface area (Å²) < 4.78 is 118. The van der Waals surface area contributed by atoms with Gasteiger partial charge in [0.05, 0.1) is 0 Å². The van der Waals surface area contributed by atoms with E-state index in [4.69, 9.17) is 25.9 Å². The molecule has 0 bridgehead atoms. The van der Waals surface area contributed by atoms with Gasteiger partial charge in [0, 0.05) is 17.1 Å². The number of hydrogen-bond acceptors (Lipinski definition) is 6. The Morgan fingerprint density at radius 3 is 0.706 bits per heavy atom. The van der Waals surface area contributed by atoms with Gasteiger partial charge in [-0.3, -0.25) is 0 Å². The second-order valence-corrected chi connectivity index (χ2v) is 4.54. The van der Waals surface area contributed by atoms with E-state index in [-0.39, 0.29) is 17.1 Å². The molecule has 0 saturated carbocycles. The van der Waals surface area contributed by atoms with E-state index in [1.54, 1.807) is 0 Å². The molecule has 0 aliphatic carbocycles. The Bertz CT molecular complexity index is 374. The molecule has 15 heteroatoms. The molecule has 0 heterocycles. The molecular weight excluding hydrogens is 362 g/mol.